The number of ether oxygens (including phenoxy) is 1. The molecule has 5 heteroatoms. The highest BCUT2D eigenvalue weighted by molar-refractivity contribution is 6.32. The van der Waals surface area contributed by atoms with Crippen molar-refractivity contribution in [1.82, 2.24) is 9.78 Å². The number of aryl methyl sites for hydroxylation is 1. The van der Waals surface area contributed by atoms with Crippen LogP contribution in [0.4, 0.5) is 0 Å². The second-order valence-electron chi connectivity index (χ2n) is 3.66. The number of halogens is 2. The fourth-order valence-electron chi connectivity index (χ4n) is 1.51. The topological polar surface area (TPSA) is 27.1 Å². The van der Waals surface area contributed by atoms with E-state index in [0.717, 1.165) is 16.9 Å². The van der Waals surface area contributed by atoms with Gasteiger partial charge in [-0.3, -0.25) is 4.68 Å². The largest absolute Gasteiger partial charge is 0.488 e. The first-order valence-corrected chi connectivity index (χ1v) is 6.05. The lowest BCUT2D eigenvalue weighted by molar-refractivity contribution is 0.304. The minimum atomic E-state index is 0.335. The van der Waals surface area contributed by atoms with Gasteiger partial charge in [-0.2, -0.15) is 5.10 Å². The number of hydrogen-bond donors (Lipinski definition) is 0. The third kappa shape index (κ3) is 2.93. The average Bonchev–Trinajstić information content (AvgIpc) is 2.72. The van der Waals surface area contributed by atoms with E-state index in [1.54, 1.807) is 16.9 Å². The van der Waals surface area contributed by atoms with E-state index in [2.05, 4.69) is 5.10 Å². The SMILES string of the molecule is Cn1cc(COc2cccc(Cl)c2CCl)cn1. The van der Waals surface area contributed by atoms with Crippen molar-refractivity contribution in [2.24, 2.45) is 7.05 Å². The van der Waals surface area contributed by atoms with E-state index in [-0.39, 0.29) is 0 Å². The molecule has 0 spiro atoms. The zero-order valence-corrected chi connectivity index (χ0v) is 10.9. The van der Waals surface area contributed by atoms with Crippen LogP contribution in [-0.2, 0) is 19.5 Å². The predicted octanol–water partition coefficient (Wildman–Crippen LogP) is 3.39. The fourth-order valence-corrected chi connectivity index (χ4v) is 2.09. The highest BCUT2D eigenvalue weighted by Gasteiger charge is 2.07. The van der Waals surface area contributed by atoms with Crippen LogP contribution in [0.1, 0.15) is 11.1 Å². The van der Waals surface area contributed by atoms with Crippen molar-refractivity contribution >= 4 is 23.2 Å². The molecule has 0 radical (unpaired) electrons. The van der Waals surface area contributed by atoms with Crippen molar-refractivity contribution < 1.29 is 4.74 Å². The van der Waals surface area contributed by atoms with Gasteiger partial charge in [0, 0.05) is 29.4 Å². The van der Waals surface area contributed by atoms with Gasteiger partial charge in [0.2, 0.25) is 0 Å². The minimum absolute atomic E-state index is 0.335. The van der Waals surface area contributed by atoms with Crippen LogP contribution in [0.3, 0.4) is 0 Å². The Morgan fingerprint density at radius 2 is 2.24 bits per heavy atom. The van der Waals surface area contributed by atoms with Crippen molar-refractivity contribution in [2.75, 3.05) is 0 Å². The molecule has 0 saturated heterocycles. The lowest BCUT2D eigenvalue weighted by Crippen LogP contribution is -1.97. The molecule has 0 bridgehead atoms. The minimum Gasteiger partial charge on any atom is -0.488 e. The van der Waals surface area contributed by atoms with E-state index in [4.69, 9.17) is 27.9 Å². The molecular formula is C12H12Cl2N2O. The third-order valence-electron chi connectivity index (χ3n) is 2.36. The Hall–Kier alpha value is -1.19. The van der Waals surface area contributed by atoms with Gasteiger partial charge in [-0.1, -0.05) is 17.7 Å². The molecule has 0 atom stereocenters. The van der Waals surface area contributed by atoms with Crippen LogP contribution in [0, 0.1) is 0 Å². The maximum atomic E-state index is 6.03. The summed E-state index contributed by atoms with van der Waals surface area (Å²) in [5.41, 5.74) is 1.83. The number of hydrogen-bond acceptors (Lipinski definition) is 2. The maximum absolute atomic E-state index is 6.03. The second kappa shape index (κ2) is 5.43. The Morgan fingerprint density at radius 1 is 1.41 bits per heavy atom. The molecule has 1 aromatic carbocycles. The van der Waals surface area contributed by atoms with Gasteiger partial charge >= 0.3 is 0 Å². The molecule has 0 saturated carbocycles. The van der Waals surface area contributed by atoms with E-state index < -0.39 is 0 Å². The highest BCUT2D eigenvalue weighted by Crippen LogP contribution is 2.28. The van der Waals surface area contributed by atoms with Crippen LogP contribution in [0.5, 0.6) is 5.75 Å². The van der Waals surface area contributed by atoms with Gasteiger partial charge in [-0.05, 0) is 12.1 Å². The molecule has 0 aliphatic heterocycles. The summed E-state index contributed by atoms with van der Waals surface area (Å²) in [6.45, 7) is 0.456. The van der Waals surface area contributed by atoms with Crippen LogP contribution >= 0.6 is 23.2 Å². The van der Waals surface area contributed by atoms with Gasteiger partial charge in [0.1, 0.15) is 12.4 Å². The van der Waals surface area contributed by atoms with Crippen molar-refractivity contribution in [3.63, 3.8) is 0 Å². The third-order valence-corrected chi connectivity index (χ3v) is 2.98. The van der Waals surface area contributed by atoms with E-state index in [1.807, 2.05) is 25.4 Å². The fraction of sp³-hybridized carbons (Fsp3) is 0.250. The number of rotatable bonds is 4. The quantitative estimate of drug-likeness (QED) is 0.797. The number of benzene rings is 1. The Bertz CT molecular complexity index is 511. The van der Waals surface area contributed by atoms with E-state index in [0.29, 0.717) is 17.5 Å². The van der Waals surface area contributed by atoms with E-state index in [9.17, 15) is 0 Å². The Morgan fingerprint density at radius 3 is 2.88 bits per heavy atom. The normalized spacial score (nSPS) is 10.5. The first-order valence-electron chi connectivity index (χ1n) is 5.14. The van der Waals surface area contributed by atoms with Gasteiger partial charge in [0.15, 0.2) is 0 Å². The van der Waals surface area contributed by atoms with Crippen LogP contribution in [-0.4, -0.2) is 9.78 Å². The number of nitrogens with zero attached hydrogens (tertiary/aromatic N) is 2. The molecule has 1 heterocycles. The predicted molar refractivity (Wildman–Crippen MR) is 68.5 cm³/mol. The zero-order chi connectivity index (χ0) is 12.3. The number of alkyl halides is 1. The molecule has 2 rings (SSSR count). The van der Waals surface area contributed by atoms with Crippen molar-refractivity contribution in [2.45, 2.75) is 12.5 Å². The van der Waals surface area contributed by atoms with E-state index in [1.165, 1.54) is 0 Å². The van der Waals surface area contributed by atoms with Crippen LogP contribution in [0.15, 0.2) is 30.6 Å². The van der Waals surface area contributed by atoms with Gasteiger partial charge in [0.25, 0.3) is 0 Å². The molecule has 90 valence electrons. The molecule has 0 aliphatic rings. The second-order valence-corrected chi connectivity index (χ2v) is 4.34. The van der Waals surface area contributed by atoms with Gasteiger partial charge in [-0.15, -0.1) is 11.6 Å². The monoisotopic (exact) mass is 270 g/mol. The van der Waals surface area contributed by atoms with Gasteiger partial charge < -0.3 is 4.74 Å². The van der Waals surface area contributed by atoms with Crippen LogP contribution in [0.25, 0.3) is 0 Å². The molecule has 0 N–H and O–H groups in total. The Labute approximate surface area is 110 Å². The lowest BCUT2D eigenvalue weighted by atomic mass is 10.2. The molecular weight excluding hydrogens is 259 g/mol. The lowest BCUT2D eigenvalue weighted by Gasteiger charge is -2.10. The summed E-state index contributed by atoms with van der Waals surface area (Å²) in [5, 5.41) is 4.70. The average molecular weight is 271 g/mol. The first-order chi connectivity index (χ1) is 8.20. The molecule has 0 unspecified atom stereocenters. The molecule has 3 nitrogen and oxygen atoms in total. The molecule has 0 aliphatic carbocycles. The smallest absolute Gasteiger partial charge is 0.125 e. The summed E-state index contributed by atoms with van der Waals surface area (Å²) in [6.07, 6.45) is 3.68. The first kappa shape index (κ1) is 12.3. The summed E-state index contributed by atoms with van der Waals surface area (Å²) in [5.74, 6) is 1.05. The molecule has 17 heavy (non-hydrogen) atoms. The Kier molecular flexibility index (Phi) is 3.92. The summed E-state index contributed by atoms with van der Waals surface area (Å²) < 4.78 is 7.42. The summed E-state index contributed by atoms with van der Waals surface area (Å²) >= 11 is 11.9. The van der Waals surface area contributed by atoms with Crippen LogP contribution < -0.4 is 4.74 Å². The van der Waals surface area contributed by atoms with Crippen molar-refractivity contribution in [3.05, 3.63) is 46.7 Å². The molecule has 0 fully saturated rings. The zero-order valence-electron chi connectivity index (χ0n) is 9.36. The number of aromatic nitrogens is 2. The van der Waals surface area contributed by atoms with Crippen molar-refractivity contribution in [3.8, 4) is 5.75 Å². The van der Waals surface area contributed by atoms with Crippen LogP contribution in [0.2, 0.25) is 5.02 Å². The van der Waals surface area contributed by atoms with E-state index >= 15 is 0 Å². The van der Waals surface area contributed by atoms with Crippen molar-refractivity contribution in [1.29, 1.82) is 0 Å². The summed E-state index contributed by atoms with van der Waals surface area (Å²) in [6, 6.07) is 5.51. The molecule has 1 aromatic heterocycles. The summed E-state index contributed by atoms with van der Waals surface area (Å²) in [4.78, 5) is 0. The summed E-state index contributed by atoms with van der Waals surface area (Å²) in [7, 11) is 1.87. The highest BCUT2D eigenvalue weighted by atomic mass is 35.5. The van der Waals surface area contributed by atoms with Gasteiger partial charge in [-0.25, -0.2) is 0 Å². The molecule has 2 aromatic rings. The van der Waals surface area contributed by atoms with Gasteiger partial charge in [0.05, 0.1) is 12.1 Å². The Balaban J connectivity index is 2.11. The standard InChI is InChI=1S/C12H12Cl2N2O/c1-16-7-9(6-15-16)8-17-12-4-2-3-11(14)10(12)5-13/h2-4,6-7H,5,8H2,1H3. The maximum Gasteiger partial charge on any atom is 0.125 e. The molecule has 0 amide bonds.